The van der Waals surface area contributed by atoms with Gasteiger partial charge in [-0.05, 0) is 12.8 Å². The number of quaternary nitrogens is 1. The van der Waals surface area contributed by atoms with E-state index in [1.807, 2.05) is 21.1 Å². The van der Waals surface area contributed by atoms with Crippen molar-refractivity contribution in [3.63, 3.8) is 0 Å². The second-order valence-electron chi connectivity index (χ2n) is 5.87. The minimum atomic E-state index is -1.22. The molecule has 20 heavy (non-hydrogen) atoms. The maximum atomic E-state index is 11.6. The molecule has 1 radical (unpaired) electrons. The van der Waals surface area contributed by atoms with Crippen LogP contribution in [0, 0.1) is 0 Å². The molecule has 0 fully saturated rings. The van der Waals surface area contributed by atoms with Crippen molar-refractivity contribution in [2.75, 3.05) is 27.7 Å². The Balaban J connectivity index is 4.11. The molecule has 0 amide bonds. The van der Waals surface area contributed by atoms with Crippen molar-refractivity contribution in [2.45, 2.75) is 44.6 Å². The van der Waals surface area contributed by atoms with Crippen molar-refractivity contribution < 1.29 is 28.7 Å². The molecule has 1 atom stereocenters. The first-order chi connectivity index (χ1) is 9.24. The van der Waals surface area contributed by atoms with Crippen molar-refractivity contribution >= 4 is 18.2 Å². The zero-order valence-corrected chi connectivity index (χ0v) is 12.5. The van der Waals surface area contributed by atoms with Crippen LogP contribution < -0.4 is 5.11 Å². The lowest BCUT2D eigenvalue weighted by atomic mass is 10.1. The maximum Gasteiger partial charge on any atom is 0.306 e. The predicted molar refractivity (Wildman–Crippen MR) is 71.2 cm³/mol. The molecule has 0 spiro atoms. The predicted octanol–water partition coefficient (Wildman–Crippen LogP) is -0.195. The third kappa shape index (κ3) is 11.6. The zero-order chi connectivity index (χ0) is 15.6. The van der Waals surface area contributed by atoms with E-state index in [-0.39, 0.29) is 12.8 Å². The van der Waals surface area contributed by atoms with Gasteiger partial charge in [0.2, 0.25) is 0 Å². The fraction of sp³-hybridized carbons (Fsp3) is 0.786. The smallest absolute Gasteiger partial charge is 0.306 e. The molecule has 0 rings (SSSR count). The topological polar surface area (TPSA) is 83.5 Å². The van der Waals surface area contributed by atoms with Crippen LogP contribution in [-0.2, 0) is 19.1 Å². The highest BCUT2D eigenvalue weighted by Crippen LogP contribution is 2.08. The standard InChI is InChI=1S/C14H24NO5/c1-15(2,3)11-12(10-13(17)18)20-14(19)8-6-4-5-7-9-16/h12H,4-8,10-11H2,1-3H3. The molecule has 0 aliphatic heterocycles. The van der Waals surface area contributed by atoms with Crippen molar-refractivity contribution in [1.82, 2.24) is 0 Å². The van der Waals surface area contributed by atoms with Gasteiger partial charge in [-0.2, -0.15) is 0 Å². The Morgan fingerprint density at radius 2 is 1.85 bits per heavy atom. The van der Waals surface area contributed by atoms with Crippen LogP contribution in [0.5, 0.6) is 0 Å². The summed E-state index contributed by atoms with van der Waals surface area (Å²) in [6.07, 6.45) is 3.54. The number of aliphatic carboxylic acids is 1. The van der Waals surface area contributed by atoms with E-state index in [2.05, 4.69) is 0 Å². The third-order valence-corrected chi connectivity index (χ3v) is 2.60. The summed E-state index contributed by atoms with van der Waals surface area (Å²) in [5.41, 5.74) is 0. The van der Waals surface area contributed by atoms with Gasteiger partial charge in [-0.15, -0.1) is 0 Å². The highest BCUT2D eigenvalue weighted by Gasteiger charge is 2.22. The lowest BCUT2D eigenvalue weighted by molar-refractivity contribution is -0.873. The zero-order valence-electron chi connectivity index (χ0n) is 12.5. The van der Waals surface area contributed by atoms with Gasteiger partial charge in [0.05, 0.1) is 21.1 Å². The fourth-order valence-electron chi connectivity index (χ4n) is 1.83. The molecule has 6 nitrogen and oxygen atoms in total. The van der Waals surface area contributed by atoms with Crippen LogP contribution in [0.2, 0.25) is 0 Å². The normalized spacial score (nSPS) is 12.8. The first kappa shape index (κ1) is 18.6. The summed E-state index contributed by atoms with van der Waals surface area (Å²) < 4.78 is 5.69. The number of ether oxygens (including phenoxy) is 1. The van der Waals surface area contributed by atoms with Gasteiger partial charge in [0.1, 0.15) is 6.54 Å². The molecule has 0 N–H and O–H groups in total. The van der Waals surface area contributed by atoms with Crippen LogP contribution >= 0.6 is 0 Å². The van der Waals surface area contributed by atoms with Crippen LogP contribution in [0.15, 0.2) is 0 Å². The Morgan fingerprint density at radius 3 is 2.35 bits per heavy atom. The number of carboxylic acid groups (broad SMARTS) is 1. The molecule has 0 bridgehead atoms. The minimum Gasteiger partial charge on any atom is -0.550 e. The van der Waals surface area contributed by atoms with Gasteiger partial charge in [0, 0.05) is 25.2 Å². The van der Waals surface area contributed by atoms with Crippen molar-refractivity contribution in [1.29, 1.82) is 0 Å². The Hall–Kier alpha value is -1.43. The van der Waals surface area contributed by atoms with E-state index in [0.717, 1.165) is 6.42 Å². The Labute approximate surface area is 120 Å². The van der Waals surface area contributed by atoms with E-state index in [4.69, 9.17) is 4.74 Å². The number of hydrogen-bond acceptors (Lipinski definition) is 5. The monoisotopic (exact) mass is 286 g/mol. The molecular formula is C14H24NO5. The molecule has 115 valence electrons. The molecule has 0 heterocycles. The van der Waals surface area contributed by atoms with Crippen molar-refractivity contribution in [2.24, 2.45) is 0 Å². The van der Waals surface area contributed by atoms with Gasteiger partial charge in [-0.25, -0.2) is 0 Å². The van der Waals surface area contributed by atoms with Crippen molar-refractivity contribution in [3.05, 3.63) is 0 Å². The second kappa shape index (κ2) is 9.47. The highest BCUT2D eigenvalue weighted by molar-refractivity contribution is 5.70. The van der Waals surface area contributed by atoms with E-state index in [1.165, 1.54) is 0 Å². The Bertz CT molecular complexity index is 322. The summed E-state index contributed by atoms with van der Waals surface area (Å²) in [7, 11) is 5.68. The Kier molecular flexibility index (Phi) is 8.79. The molecule has 0 aliphatic rings. The number of carbonyl (C=O) groups excluding carboxylic acids is 3. The maximum absolute atomic E-state index is 11.6. The largest absolute Gasteiger partial charge is 0.550 e. The van der Waals surface area contributed by atoms with Crippen LogP contribution in [0.25, 0.3) is 0 Å². The van der Waals surface area contributed by atoms with E-state index < -0.39 is 18.0 Å². The molecule has 0 aromatic rings. The van der Waals surface area contributed by atoms with E-state index in [9.17, 15) is 19.5 Å². The summed E-state index contributed by atoms with van der Waals surface area (Å²) >= 11 is 0. The SMILES string of the molecule is C[N+](C)(C)CC(CC(=O)[O-])OC(=O)CCCCC[C]=O. The number of rotatable bonds is 11. The van der Waals surface area contributed by atoms with Crippen LogP contribution in [-0.4, -0.2) is 56.5 Å². The summed E-state index contributed by atoms with van der Waals surface area (Å²) in [5.74, 6) is -1.63. The van der Waals surface area contributed by atoms with Crippen LogP contribution in [0.4, 0.5) is 0 Å². The molecule has 1 unspecified atom stereocenters. The van der Waals surface area contributed by atoms with E-state index in [0.29, 0.717) is 30.3 Å². The average Bonchev–Trinajstić information content (AvgIpc) is 2.25. The molecule has 6 heteroatoms. The van der Waals surface area contributed by atoms with E-state index in [1.54, 1.807) is 6.29 Å². The van der Waals surface area contributed by atoms with E-state index >= 15 is 0 Å². The lowest BCUT2D eigenvalue weighted by Crippen LogP contribution is -2.45. The lowest BCUT2D eigenvalue weighted by Gasteiger charge is -2.29. The van der Waals surface area contributed by atoms with Crippen LogP contribution in [0.1, 0.15) is 38.5 Å². The highest BCUT2D eigenvalue weighted by atomic mass is 16.5. The fourth-order valence-corrected chi connectivity index (χ4v) is 1.83. The molecule has 0 aliphatic carbocycles. The summed E-state index contributed by atoms with van der Waals surface area (Å²) in [5, 5.41) is 10.7. The first-order valence-corrected chi connectivity index (χ1v) is 6.79. The number of nitrogens with zero attached hydrogens (tertiary/aromatic N) is 1. The molecule has 0 saturated heterocycles. The minimum absolute atomic E-state index is 0.236. The number of carbonyl (C=O) groups is 2. The Morgan fingerprint density at radius 1 is 1.20 bits per heavy atom. The number of esters is 1. The van der Waals surface area contributed by atoms with Crippen molar-refractivity contribution in [3.8, 4) is 0 Å². The average molecular weight is 286 g/mol. The molecule has 0 saturated carbocycles. The summed E-state index contributed by atoms with van der Waals surface area (Å²) in [4.78, 5) is 32.3. The van der Waals surface area contributed by atoms with Gasteiger partial charge < -0.3 is 19.1 Å². The summed E-state index contributed by atoms with van der Waals surface area (Å²) in [6.45, 7) is 0.416. The van der Waals surface area contributed by atoms with Crippen LogP contribution in [0.3, 0.4) is 0 Å². The van der Waals surface area contributed by atoms with Gasteiger partial charge in [0.25, 0.3) is 0 Å². The van der Waals surface area contributed by atoms with Gasteiger partial charge in [-0.3, -0.25) is 9.59 Å². The van der Waals surface area contributed by atoms with Gasteiger partial charge in [0.15, 0.2) is 12.4 Å². The van der Waals surface area contributed by atoms with Gasteiger partial charge >= 0.3 is 5.97 Å². The number of hydrogen-bond donors (Lipinski definition) is 0. The first-order valence-electron chi connectivity index (χ1n) is 6.79. The van der Waals surface area contributed by atoms with Gasteiger partial charge in [-0.1, -0.05) is 6.42 Å². The number of likely N-dealkylation sites (N-methyl/N-ethyl adjacent to an activating group) is 1. The second-order valence-corrected chi connectivity index (χ2v) is 5.87. The molecule has 0 aromatic heterocycles. The number of carboxylic acids is 1. The summed E-state index contributed by atoms with van der Waals surface area (Å²) in [6, 6.07) is 0. The molecular weight excluding hydrogens is 262 g/mol. The number of unbranched alkanes of at least 4 members (excludes halogenated alkanes) is 3. The quantitative estimate of drug-likeness (QED) is 0.298. The molecule has 0 aromatic carbocycles. The third-order valence-electron chi connectivity index (χ3n) is 2.60.